The number of hydrogen-bond donors (Lipinski definition) is 0. The van der Waals surface area contributed by atoms with Gasteiger partial charge in [-0.3, -0.25) is 19.7 Å². The van der Waals surface area contributed by atoms with Crippen LogP contribution in [-0.4, -0.2) is 44.4 Å². The Bertz CT molecular complexity index is 1180. The molecule has 1 fully saturated rings. The quantitative estimate of drug-likeness (QED) is 0.301. The predicted octanol–water partition coefficient (Wildman–Crippen LogP) is 4.82. The van der Waals surface area contributed by atoms with Crippen LogP contribution in [0.1, 0.15) is 33.6 Å². The molecule has 1 aliphatic rings. The van der Waals surface area contributed by atoms with Gasteiger partial charge >= 0.3 is 0 Å². The Labute approximate surface area is 193 Å². The Hall–Kier alpha value is -3.23. The van der Waals surface area contributed by atoms with Gasteiger partial charge in [0.05, 0.1) is 32.4 Å². The summed E-state index contributed by atoms with van der Waals surface area (Å²) in [4.78, 5) is 37.7. The Morgan fingerprint density at radius 1 is 1.00 bits per heavy atom. The molecule has 1 aromatic heterocycles. The van der Waals surface area contributed by atoms with Crippen LogP contribution in [0.2, 0.25) is 10.0 Å². The van der Waals surface area contributed by atoms with Gasteiger partial charge in [-0.2, -0.15) is 5.10 Å². The number of hydrogen-bond acceptors (Lipinski definition) is 5. The standard InChI is InChI=1S/C22H18Cl2N4O4/c23-19-6-1-15(11-20(19)24)21(29)14-7-9-26(10-8-14)22(30)16-12-25-27(13-16)17-2-4-18(5-3-17)28(31)32/h1-6,11-14H,7-10H2. The van der Waals surface area contributed by atoms with Gasteiger partial charge in [0.1, 0.15) is 0 Å². The number of non-ortho nitro benzene ring substituents is 1. The zero-order valence-electron chi connectivity index (χ0n) is 16.8. The molecule has 1 amide bonds. The van der Waals surface area contributed by atoms with Crippen molar-refractivity contribution in [1.29, 1.82) is 0 Å². The van der Waals surface area contributed by atoms with E-state index in [9.17, 15) is 19.7 Å². The van der Waals surface area contributed by atoms with Crippen molar-refractivity contribution < 1.29 is 14.5 Å². The number of likely N-dealkylation sites (tertiary alicyclic amines) is 1. The van der Waals surface area contributed by atoms with Crippen LogP contribution in [0.15, 0.2) is 54.9 Å². The molecule has 0 aliphatic carbocycles. The van der Waals surface area contributed by atoms with Gasteiger partial charge in [0.15, 0.2) is 5.78 Å². The van der Waals surface area contributed by atoms with E-state index in [-0.39, 0.29) is 23.3 Å². The minimum absolute atomic E-state index is 0.00153. The van der Waals surface area contributed by atoms with Crippen molar-refractivity contribution in [2.75, 3.05) is 13.1 Å². The monoisotopic (exact) mass is 472 g/mol. The summed E-state index contributed by atoms with van der Waals surface area (Å²) in [6.07, 6.45) is 4.18. The van der Waals surface area contributed by atoms with Gasteiger partial charge in [-0.25, -0.2) is 4.68 Å². The van der Waals surface area contributed by atoms with E-state index in [0.717, 1.165) is 0 Å². The Balaban J connectivity index is 1.39. The molecule has 0 atom stereocenters. The molecule has 10 heteroatoms. The van der Waals surface area contributed by atoms with Crippen LogP contribution in [0.4, 0.5) is 5.69 Å². The summed E-state index contributed by atoms with van der Waals surface area (Å²) < 4.78 is 1.50. The lowest BCUT2D eigenvalue weighted by molar-refractivity contribution is -0.384. The third kappa shape index (κ3) is 4.51. The first-order valence-electron chi connectivity index (χ1n) is 9.91. The van der Waals surface area contributed by atoms with Crippen molar-refractivity contribution in [3.8, 4) is 5.69 Å². The van der Waals surface area contributed by atoms with Gasteiger partial charge in [0, 0.05) is 42.9 Å². The number of nitro benzene ring substituents is 1. The number of nitro groups is 1. The predicted molar refractivity (Wildman–Crippen MR) is 120 cm³/mol. The Morgan fingerprint density at radius 2 is 1.69 bits per heavy atom. The summed E-state index contributed by atoms with van der Waals surface area (Å²) in [5, 5.41) is 15.7. The largest absolute Gasteiger partial charge is 0.339 e. The smallest absolute Gasteiger partial charge is 0.269 e. The molecule has 2 aromatic carbocycles. The number of aromatic nitrogens is 2. The Morgan fingerprint density at radius 3 is 2.31 bits per heavy atom. The molecule has 0 unspecified atom stereocenters. The summed E-state index contributed by atoms with van der Waals surface area (Å²) in [7, 11) is 0. The number of nitrogens with zero attached hydrogens (tertiary/aromatic N) is 4. The molecule has 0 bridgehead atoms. The number of benzene rings is 2. The number of halogens is 2. The first-order chi connectivity index (χ1) is 15.3. The molecule has 8 nitrogen and oxygen atoms in total. The fourth-order valence-corrected chi connectivity index (χ4v) is 4.01. The third-order valence-electron chi connectivity index (χ3n) is 5.51. The summed E-state index contributed by atoms with van der Waals surface area (Å²) in [6.45, 7) is 0.915. The van der Waals surface area contributed by atoms with Gasteiger partial charge in [-0.1, -0.05) is 23.2 Å². The number of carbonyl (C=O) groups excluding carboxylic acids is 2. The molecule has 4 rings (SSSR count). The summed E-state index contributed by atoms with van der Waals surface area (Å²) in [5.74, 6) is -0.348. The highest BCUT2D eigenvalue weighted by Gasteiger charge is 2.29. The van der Waals surface area contributed by atoms with Gasteiger partial charge in [0.2, 0.25) is 0 Å². The van der Waals surface area contributed by atoms with Crippen LogP contribution in [0.3, 0.4) is 0 Å². The van der Waals surface area contributed by atoms with Crippen molar-refractivity contribution in [1.82, 2.24) is 14.7 Å². The topological polar surface area (TPSA) is 98.3 Å². The summed E-state index contributed by atoms with van der Waals surface area (Å²) >= 11 is 11.9. The Kier molecular flexibility index (Phi) is 6.25. The van der Waals surface area contributed by atoms with E-state index in [1.165, 1.54) is 23.0 Å². The highest BCUT2D eigenvalue weighted by molar-refractivity contribution is 6.42. The molecule has 2 heterocycles. The molecule has 0 spiro atoms. The maximum Gasteiger partial charge on any atom is 0.269 e. The van der Waals surface area contributed by atoms with E-state index in [0.29, 0.717) is 52.8 Å². The molecule has 3 aromatic rings. The normalized spacial score (nSPS) is 14.4. The number of amides is 1. The fourth-order valence-electron chi connectivity index (χ4n) is 3.71. The van der Waals surface area contributed by atoms with Crippen molar-refractivity contribution in [3.63, 3.8) is 0 Å². The minimum Gasteiger partial charge on any atom is -0.339 e. The highest BCUT2D eigenvalue weighted by Crippen LogP contribution is 2.27. The van der Waals surface area contributed by atoms with Crippen LogP contribution >= 0.6 is 23.2 Å². The van der Waals surface area contributed by atoms with Crippen LogP contribution < -0.4 is 0 Å². The zero-order chi connectivity index (χ0) is 22.8. The number of ketones is 1. The van der Waals surface area contributed by atoms with Crippen molar-refractivity contribution >= 4 is 40.6 Å². The van der Waals surface area contributed by atoms with Crippen LogP contribution in [0.25, 0.3) is 5.69 Å². The number of rotatable bonds is 5. The maximum absolute atomic E-state index is 12.9. The van der Waals surface area contributed by atoms with Crippen LogP contribution in [0, 0.1) is 16.0 Å². The molecule has 32 heavy (non-hydrogen) atoms. The average Bonchev–Trinajstić information content (AvgIpc) is 3.30. The van der Waals surface area contributed by atoms with Crippen molar-refractivity contribution in [2.24, 2.45) is 5.92 Å². The second kappa shape index (κ2) is 9.10. The van der Waals surface area contributed by atoms with E-state index in [4.69, 9.17) is 23.2 Å². The van der Waals surface area contributed by atoms with Crippen LogP contribution in [-0.2, 0) is 0 Å². The second-order valence-corrected chi connectivity index (χ2v) is 8.32. The van der Waals surface area contributed by atoms with E-state index in [1.54, 1.807) is 41.4 Å². The van der Waals surface area contributed by atoms with Gasteiger partial charge < -0.3 is 4.90 Å². The van der Waals surface area contributed by atoms with Crippen molar-refractivity contribution in [2.45, 2.75) is 12.8 Å². The molecular formula is C22H18Cl2N4O4. The van der Waals surface area contributed by atoms with Gasteiger partial charge in [-0.05, 0) is 43.2 Å². The number of carbonyl (C=O) groups is 2. The highest BCUT2D eigenvalue weighted by atomic mass is 35.5. The van der Waals surface area contributed by atoms with E-state index in [1.807, 2.05) is 0 Å². The molecule has 1 aliphatic heterocycles. The molecule has 164 valence electrons. The molecule has 1 saturated heterocycles. The first kappa shape index (κ1) is 22.0. The van der Waals surface area contributed by atoms with Gasteiger partial charge in [-0.15, -0.1) is 0 Å². The fraction of sp³-hybridized carbons (Fsp3) is 0.227. The SMILES string of the molecule is O=C(c1ccc(Cl)c(Cl)c1)C1CCN(C(=O)c2cnn(-c3ccc([N+](=O)[O-])cc3)c2)CC1. The minimum atomic E-state index is -0.474. The van der Waals surface area contributed by atoms with Crippen LogP contribution in [0.5, 0.6) is 0 Å². The summed E-state index contributed by atoms with van der Waals surface area (Å²) in [5.41, 5.74) is 1.53. The average molecular weight is 473 g/mol. The maximum atomic E-state index is 12.9. The molecule has 0 radical (unpaired) electrons. The lowest BCUT2D eigenvalue weighted by Gasteiger charge is -2.31. The second-order valence-electron chi connectivity index (χ2n) is 7.51. The van der Waals surface area contributed by atoms with Gasteiger partial charge in [0.25, 0.3) is 11.6 Å². The number of piperidine rings is 1. The zero-order valence-corrected chi connectivity index (χ0v) is 18.3. The number of Topliss-reactive ketones (excluding diaryl/α,β-unsaturated/α-hetero) is 1. The lowest BCUT2D eigenvalue weighted by atomic mass is 9.88. The molecule has 0 N–H and O–H groups in total. The molecular weight excluding hydrogens is 455 g/mol. The van der Waals surface area contributed by atoms with E-state index in [2.05, 4.69) is 5.10 Å². The summed E-state index contributed by atoms with van der Waals surface area (Å²) in [6, 6.07) is 10.8. The van der Waals surface area contributed by atoms with E-state index >= 15 is 0 Å². The first-order valence-corrected chi connectivity index (χ1v) is 10.7. The van der Waals surface area contributed by atoms with Crippen molar-refractivity contribution in [3.05, 3.63) is 86.1 Å². The lowest BCUT2D eigenvalue weighted by Crippen LogP contribution is -2.40. The molecule has 0 saturated carbocycles. The van der Waals surface area contributed by atoms with E-state index < -0.39 is 4.92 Å². The third-order valence-corrected chi connectivity index (χ3v) is 6.25.